The number of rotatable bonds is 6. The first kappa shape index (κ1) is 16.7. The summed E-state index contributed by atoms with van der Waals surface area (Å²) in [6, 6.07) is 7.69. The third-order valence-electron chi connectivity index (χ3n) is 3.91. The Morgan fingerprint density at radius 1 is 1.33 bits per heavy atom. The van der Waals surface area contributed by atoms with E-state index in [4.69, 9.17) is 11.6 Å². The summed E-state index contributed by atoms with van der Waals surface area (Å²) in [5.74, 6) is 1.19. The van der Waals surface area contributed by atoms with Crippen molar-refractivity contribution in [1.82, 2.24) is 5.32 Å². The van der Waals surface area contributed by atoms with E-state index < -0.39 is 0 Å². The summed E-state index contributed by atoms with van der Waals surface area (Å²) in [6.45, 7) is 0.0394. The lowest BCUT2D eigenvalue weighted by molar-refractivity contribution is -0.121. The molecule has 2 N–H and O–H groups in total. The number of aliphatic hydroxyl groups is 1. The zero-order valence-corrected chi connectivity index (χ0v) is 13.7. The van der Waals surface area contributed by atoms with E-state index in [9.17, 15) is 9.90 Å². The largest absolute Gasteiger partial charge is 0.394 e. The van der Waals surface area contributed by atoms with Gasteiger partial charge in [0, 0.05) is 10.8 Å². The molecule has 2 rings (SSSR count). The van der Waals surface area contributed by atoms with E-state index in [1.165, 1.54) is 6.42 Å². The molecular formula is C16H22ClNO2S. The van der Waals surface area contributed by atoms with Crippen LogP contribution in [0.3, 0.4) is 0 Å². The van der Waals surface area contributed by atoms with E-state index in [1.807, 2.05) is 24.3 Å². The van der Waals surface area contributed by atoms with Crippen molar-refractivity contribution >= 4 is 29.3 Å². The number of hydrogen-bond acceptors (Lipinski definition) is 3. The number of halogens is 1. The van der Waals surface area contributed by atoms with Crippen molar-refractivity contribution in [3.63, 3.8) is 0 Å². The minimum atomic E-state index is -0.383. The number of hydrogen-bond donors (Lipinski definition) is 2. The lowest BCUT2D eigenvalue weighted by atomic mass is 9.82. The standard InChI is InChI=1S/C16H22ClNO2S/c17-14-6-4-5-13(9-14)10-21-11-15(20)18-16(12-19)7-2-1-3-8-16/h4-6,9,19H,1-3,7-8,10-12H2,(H,18,20). The van der Waals surface area contributed by atoms with Crippen LogP contribution in [0.2, 0.25) is 5.02 Å². The van der Waals surface area contributed by atoms with Crippen LogP contribution in [0.15, 0.2) is 24.3 Å². The quantitative estimate of drug-likeness (QED) is 0.842. The third kappa shape index (κ3) is 5.20. The van der Waals surface area contributed by atoms with Gasteiger partial charge in [0.1, 0.15) is 0 Å². The molecule has 5 heteroatoms. The highest BCUT2D eigenvalue weighted by atomic mass is 35.5. The molecule has 1 aromatic carbocycles. The van der Waals surface area contributed by atoms with Crippen molar-refractivity contribution in [3.05, 3.63) is 34.9 Å². The third-order valence-corrected chi connectivity index (χ3v) is 5.15. The van der Waals surface area contributed by atoms with Crippen molar-refractivity contribution in [2.75, 3.05) is 12.4 Å². The van der Waals surface area contributed by atoms with Crippen LogP contribution in [-0.4, -0.2) is 28.9 Å². The molecule has 0 aromatic heterocycles. The van der Waals surface area contributed by atoms with Crippen molar-refractivity contribution in [2.45, 2.75) is 43.4 Å². The van der Waals surface area contributed by atoms with Gasteiger partial charge in [0.25, 0.3) is 0 Å². The highest BCUT2D eigenvalue weighted by Gasteiger charge is 2.32. The fraction of sp³-hybridized carbons (Fsp3) is 0.562. The topological polar surface area (TPSA) is 49.3 Å². The van der Waals surface area contributed by atoms with E-state index in [-0.39, 0.29) is 18.1 Å². The molecule has 1 aromatic rings. The van der Waals surface area contributed by atoms with E-state index in [0.29, 0.717) is 5.75 Å². The SMILES string of the molecule is O=C(CSCc1cccc(Cl)c1)NC1(CO)CCCCC1. The number of carbonyl (C=O) groups is 1. The van der Waals surface area contributed by atoms with Gasteiger partial charge in [-0.1, -0.05) is 43.0 Å². The Morgan fingerprint density at radius 3 is 2.76 bits per heavy atom. The Kier molecular flexibility index (Phi) is 6.40. The fourth-order valence-electron chi connectivity index (χ4n) is 2.77. The van der Waals surface area contributed by atoms with E-state index in [1.54, 1.807) is 11.8 Å². The molecule has 1 aliphatic carbocycles. The van der Waals surface area contributed by atoms with Gasteiger partial charge in [-0.2, -0.15) is 0 Å². The van der Waals surface area contributed by atoms with E-state index in [2.05, 4.69) is 5.32 Å². The molecule has 1 amide bonds. The maximum atomic E-state index is 12.1. The molecule has 3 nitrogen and oxygen atoms in total. The Morgan fingerprint density at radius 2 is 2.10 bits per heavy atom. The van der Waals surface area contributed by atoms with Crippen molar-refractivity contribution in [1.29, 1.82) is 0 Å². The van der Waals surface area contributed by atoms with Gasteiger partial charge in [-0.15, -0.1) is 11.8 Å². The molecule has 116 valence electrons. The summed E-state index contributed by atoms with van der Waals surface area (Å²) in [4.78, 5) is 12.1. The minimum absolute atomic E-state index is 0.0120. The Labute approximate surface area is 135 Å². The second-order valence-corrected chi connectivity index (χ2v) is 7.09. The average Bonchev–Trinajstić information content (AvgIpc) is 2.48. The number of amides is 1. The zero-order chi connectivity index (χ0) is 15.1. The van der Waals surface area contributed by atoms with Gasteiger partial charge in [0.05, 0.1) is 17.9 Å². The molecule has 0 unspecified atom stereocenters. The second kappa shape index (κ2) is 8.06. The first-order chi connectivity index (χ1) is 10.1. The van der Waals surface area contributed by atoms with Crippen LogP contribution in [0, 0.1) is 0 Å². The number of benzene rings is 1. The number of aliphatic hydroxyl groups excluding tert-OH is 1. The van der Waals surface area contributed by atoms with Gasteiger partial charge in [-0.25, -0.2) is 0 Å². The van der Waals surface area contributed by atoms with Gasteiger partial charge in [0.2, 0.25) is 5.91 Å². The van der Waals surface area contributed by atoms with Crippen molar-refractivity contribution in [3.8, 4) is 0 Å². The first-order valence-corrected chi connectivity index (χ1v) is 8.91. The van der Waals surface area contributed by atoms with Crippen LogP contribution in [-0.2, 0) is 10.5 Å². The van der Waals surface area contributed by atoms with Crippen LogP contribution < -0.4 is 5.32 Å². The molecule has 0 saturated heterocycles. The van der Waals surface area contributed by atoms with Gasteiger partial charge in [-0.05, 0) is 30.5 Å². The lowest BCUT2D eigenvalue weighted by Crippen LogP contribution is -2.53. The predicted octanol–water partition coefficient (Wildman–Crippen LogP) is 3.38. The summed E-state index contributed by atoms with van der Waals surface area (Å²) in [5, 5.41) is 13.4. The van der Waals surface area contributed by atoms with Crippen molar-refractivity contribution in [2.24, 2.45) is 0 Å². The smallest absolute Gasteiger partial charge is 0.230 e. The Bertz CT molecular complexity index is 475. The van der Waals surface area contributed by atoms with Crippen LogP contribution >= 0.6 is 23.4 Å². The molecule has 0 aliphatic heterocycles. The Balaban J connectivity index is 1.76. The van der Waals surface area contributed by atoms with Crippen molar-refractivity contribution < 1.29 is 9.90 Å². The minimum Gasteiger partial charge on any atom is -0.394 e. The van der Waals surface area contributed by atoms with Gasteiger partial charge < -0.3 is 10.4 Å². The number of carbonyl (C=O) groups excluding carboxylic acids is 1. The van der Waals surface area contributed by atoms with Crippen LogP contribution in [0.25, 0.3) is 0 Å². The Hall–Kier alpha value is -0.710. The fourth-order valence-corrected chi connectivity index (χ4v) is 3.76. The van der Waals surface area contributed by atoms with E-state index >= 15 is 0 Å². The van der Waals surface area contributed by atoms with Crippen LogP contribution in [0.1, 0.15) is 37.7 Å². The summed E-state index contributed by atoms with van der Waals surface area (Å²) < 4.78 is 0. The summed E-state index contributed by atoms with van der Waals surface area (Å²) in [5.41, 5.74) is 0.737. The number of thioether (sulfide) groups is 1. The zero-order valence-electron chi connectivity index (χ0n) is 12.1. The maximum Gasteiger partial charge on any atom is 0.230 e. The monoisotopic (exact) mass is 327 g/mol. The molecule has 0 heterocycles. The van der Waals surface area contributed by atoms with Crippen LogP contribution in [0.4, 0.5) is 0 Å². The van der Waals surface area contributed by atoms with Crippen LogP contribution in [0.5, 0.6) is 0 Å². The predicted molar refractivity (Wildman–Crippen MR) is 88.7 cm³/mol. The normalized spacial score (nSPS) is 17.4. The molecule has 0 atom stereocenters. The molecule has 1 aliphatic rings. The average molecular weight is 328 g/mol. The number of nitrogens with one attached hydrogen (secondary N) is 1. The van der Waals surface area contributed by atoms with Gasteiger partial charge in [0.15, 0.2) is 0 Å². The molecule has 0 bridgehead atoms. The maximum absolute atomic E-state index is 12.1. The molecule has 21 heavy (non-hydrogen) atoms. The summed E-state index contributed by atoms with van der Waals surface area (Å²) >= 11 is 7.50. The highest BCUT2D eigenvalue weighted by Crippen LogP contribution is 2.28. The molecule has 1 fully saturated rings. The first-order valence-electron chi connectivity index (χ1n) is 7.38. The molecule has 1 saturated carbocycles. The highest BCUT2D eigenvalue weighted by molar-refractivity contribution is 7.99. The molecule has 0 radical (unpaired) electrons. The van der Waals surface area contributed by atoms with Gasteiger partial charge >= 0.3 is 0 Å². The summed E-state index contributed by atoms with van der Waals surface area (Å²) in [6.07, 6.45) is 5.12. The summed E-state index contributed by atoms with van der Waals surface area (Å²) in [7, 11) is 0. The molecule has 0 spiro atoms. The second-order valence-electron chi connectivity index (χ2n) is 5.67. The molecular weight excluding hydrogens is 306 g/mol. The van der Waals surface area contributed by atoms with Gasteiger partial charge in [-0.3, -0.25) is 4.79 Å². The lowest BCUT2D eigenvalue weighted by Gasteiger charge is -2.36. The van der Waals surface area contributed by atoms with E-state index in [0.717, 1.165) is 42.0 Å².